The SMILES string of the molecule is COc1cc(C=C2CCCN3C2=NCCN3c2cc(F)c(C)c(F)c2)ccc1-n1cnc(C)c1. The predicted molar refractivity (Wildman–Crippen MR) is 130 cm³/mol. The Hall–Kier alpha value is -3.68. The van der Waals surface area contributed by atoms with Gasteiger partial charge in [-0.1, -0.05) is 6.07 Å². The van der Waals surface area contributed by atoms with E-state index in [0.717, 1.165) is 53.5 Å². The Morgan fingerprint density at radius 3 is 2.53 bits per heavy atom. The van der Waals surface area contributed by atoms with Gasteiger partial charge < -0.3 is 9.30 Å². The molecule has 1 fully saturated rings. The number of hydrogen-bond donors (Lipinski definition) is 0. The number of methoxy groups -OCH3 is 1. The van der Waals surface area contributed by atoms with Crippen molar-refractivity contribution in [3.05, 3.63) is 76.9 Å². The van der Waals surface area contributed by atoms with Gasteiger partial charge in [0.2, 0.25) is 0 Å². The fourth-order valence-corrected chi connectivity index (χ4v) is 4.53. The van der Waals surface area contributed by atoms with Gasteiger partial charge in [0.25, 0.3) is 0 Å². The summed E-state index contributed by atoms with van der Waals surface area (Å²) in [5, 5.41) is 3.98. The van der Waals surface area contributed by atoms with E-state index in [1.807, 2.05) is 45.9 Å². The average Bonchev–Trinajstić information content (AvgIpc) is 3.28. The van der Waals surface area contributed by atoms with Crippen LogP contribution in [-0.4, -0.2) is 47.1 Å². The number of piperidine rings is 1. The third-order valence-corrected chi connectivity index (χ3v) is 6.31. The summed E-state index contributed by atoms with van der Waals surface area (Å²) in [6.07, 6.45) is 7.64. The first-order chi connectivity index (χ1) is 16.4. The number of benzene rings is 2. The molecule has 0 spiro atoms. The van der Waals surface area contributed by atoms with E-state index in [1.165, 1.54) is 19.1 Å². The van der Waals surface area contributed by atoms with Crippen molar-refractivity contribution in [2.75, 3.05) is 31.8 Å². The molecule has 6 nitrogen and oxygen atoms in total. The molecule has 176 valence electrons. The van der Waals surface area contributed by atoms with Gasteiger partial charge in [-0.2, -0.15) is 0 Å². The van der Waals surface area contributed by atoms with Crippen molar-refractivity contribution >= 4 is 17.6 Å². The molecule has 0 amide bonds. The molecular weight excluding hydrogens is 436 g/mol. The molecule has 5 rings (SSSR count). The van der Waals surface area contributed by atoms with Gasteiger partial charge in [0.05, 0.1) is 43.6 Å². The van der Waals surface area contributed by atoms with Crippen LogP contribution in [0.5, 0.6) is 5.75 Å². The zero-order valence-corrected chi connectivity index (χ0v) is 19.6. The molecule has 0 atom stereocenters. The van der Waals surface area contributed by atoms with Crippen LogP contribution < -0.4 is 9.75 Å². The molecule has 2 aliphatic heterocycles. The maximum absolute atomic E-state index is 14.3. The van der Waals surface area contributed by atoms with Crippen LogP contribution >= 0.6 is 0 Å². The summed E-state index contributed by atoms with van der Waals surface area (Å²) in [5.74, 6) is 0.531. The van der Waals surface area contributed by atoms with Crippen molar-refractivity contribution in [2.24, 2.45) is 4.99 Å². The van der Waals surface area contributed by atoms with Gasteiger partial charge >= 0.3 is 0 Å². The predicted octanol–water partition coefficient (Wildman–Crippen LogP) is 5.09. The summed E-state index contributed by atoms with van der Waals surface area (Å²) < 4.78 is 36.1. The lowest BCUT2D eigenvalue weighted by molar-refractivity contribution is 0.347. The number of amidine groups is 1. The van der Waals surface area contributed by atoms with E-state index in [0.29, 0.717) is 18.8 Å². The lowest BCUT2D eigenvalue weighted by Gasteiger charge is -2.44. The third kappa shape index (κ3) is 4.04. The Morgan fingerprint density at radius 1 is 1.03 bits per heavy atom. The van der Waals surface area contributed by atoms with Crippen LogP contribution in [0.25, 0.3) is 11.8 Å². The van der Waals surface area contributed by atoms with Crippen LogP contribution in [0, 0.1) is 25.5 Å². The highest BCUT2D eigenvalue weighted by Gasteiger charge is 2.30. The zero-order valence-electron chi connectivity index (χ0n) is 19.6. The monoisotopic (exact) mass is 463 g/mol. The van der Waals surface area contributed by atoms with Crippen molar-refractivity contribution in [1.29, 1.82) is 0 Å². The van der Waals surface area contributed by atoms with Crippen LogP contribution in [0.4, 0.5) is 14.5 Å². The molecule has 2 aliphatic rings. The number of halogens is 2. The van der Waals surface area contributed by atoms with Gasteiger partial charge in [-0.25, -0.2) is 13.8 Å². The van der Waals surface area contributed by atoms with Crippen molar-refractivity contribution in [2.45, 2.75) is 26.7 Å². The lowest BCUT2D eigenvalue weighted by atomic mass is 10.00. The number of hydrazine groups is 1. The smallest absolute Gasteiger partial charge is 0.145 e. The minimum atomic E-state index is -0.535. The normalized spacial score (nSPS) is 17.1. The molecule has 0 bridgehead atoms. The standard InChI is InChI=1S/C26H27F2N5O/c1-17-15-31(16-30-17)24-7-6-19(12-25(24)34-3)11-20-5-4-9-33-26(20)29-8-10-32(33)21-13-22(27)18(2)23(28)14-21/h6-7,11-16H,4-5,8-10H2,1-3H3. The summed E-state index contributed by atoms with van der Waals surface area (Å²) in [7, 11) is 1.66. The highest BCUT2D eigenvalue weighted by atomic mass is 19.1. The number of aliphatic imine (C=N–C) groups is 1. The van der Waals surface area contributed by atoms with Crippen molar-refractivity contribution in [1.82, 2.24) is 14.6 Å². The summed E-state index contributed by atoms with van der Waals surface area (Å²) in [6.45, 7) is 5.28. The number of rotatable bonds is 4. The second-order valence-corrected chi connectivity index (χ2v) is 8.61. The number of nitrogens with zero attached hydrogens (tertiary/aromatic N) is 5. The lowest BCUT2D eigenvalue weighted by Crippen LogP contribution is -2.53. The molecule has 0 radical (unpaired) electrons. The Morgan fingerprint density at radius 2 is 1.82 bits per heavy atom. The van der Waals surface area contributed by atoms with Gasteiger partial charge in [0.1, 0.15) is 23.2 Å². The first kappa shape index (κ1) is 22.1. The summed E-state index contributed by atoms with van der Waals surface area (Å²) in [6, 6.07) is 8.87. The summed E-state index contributed by atoms with van der Waals surface area (Å²) >= 11 is 0. The molecule has 2 aromatic carbocycles. The van der Waals surface area contributed by atoms with Gasteiger partial charge in [-0.15, -0.1) is 0 Å². The fraction of sp³-hybridized carbons (Fsp3) is 0.308. The molecule has 0 aliphatic carbocycles. The Labute approximate surface area is 197 Å². The van der Waals surface area contributed by atoms with Gasteiger partial charge in [0, 0.05) is 18.3 Å². The fourth-order valence-electron chi connectivity index (χ4n) is 4.53. The van der Waals surface area contributed by atoms with E-state index in [4.69, 9.17) is 9.73 Å². The minimum absolute atomic E-state index is 0.0390. The van der Waals surface area contributed by atoms with E-state index >= 15 is 0 Å². The Kier molecular flexibility index (Phi) is 5.81. The first-order valence-corrected chi connectivity index (χ1v) is 11.4. The van der Waals surface area contributed by atoms with Crippen molar-refractivity contribution in [3.63, 3.8) is 0 Å². The molecule has 3 heterocycles. The average molecular weight is 464 g/mol. The Bertz CT molecular complexity index is 1270. The molecule has 3 aromatic rings. The van der Waals surface area contributed by atoms with Crippen LogP contribution in [0.15, 0.2) is 53.4 Å². The van der Waals surface area contributed by atoms with Crippen LogP contribution in [0.1, 0.15) is 29.7 Å². The van der Waals surface area contributed by atoms with Crippen LogP contribution in [0.2, 0.25) is 0 Å². The number of anilines is 1. The number of ether oxygens (including phenoxy) is 1. The Balaban J connectivity index is 1.46. The maximum Gasteiger partial charge on any atom is 0.145 e. The highest BCUT2D eigenvalue weighted by molar-refractivity contribution is 6.04. The minimum Gasteiger partial charge on any atom is -0.495 e. The number of aromatic nitrogens is 2. The van der Waals surface area contributed by atoms with Crippen molar-refractivity contribution < 1.29 is 13.5 Å². The quantitative estimate of drug-likeness (QED) is 0.541. The van der Waals surface area contributed by atoms with E-state index < -0.39 is 11.6 Å². The van der Waals surface area contributed by atoms with Gasteiger partial charge in [0.15, 0.2) is 0 Å². The molecule has 1 saturated heterocycles. The number of aryl methyl sites for hydroxylation is 1. The van der Waals surface area contributed by atoms with Gasteiger partial charge in [-0.3, -0.25) is 15.0 Å². The first-order valence-electron chi connectivity index (χ1n) is 11.4. The van der Waals surface area contributed by atoms with E-state index in [1.54, 1.807) is 13.4 Å². The third-order valence-electron chi connectivity index (χ3n) is 6.31. The van der Waals surface area contributed by atoms with Gasteiger partial charge in [-0.05, 0) is 68.2 Å². The number of hydrogen-bond acceptors (Lipinski definition) is 5. The maximum atomic E-state index is 14.3. The molecule has 34 heavy (non-hydrogen) atoms. The van der Waals surface area contributed by atoms with Crippen LogP contribution in [0.3, 0.4) is 0 Å². The van der Waals surface area contributed by atoms with E-state index in [2.05, 4.69) is 11.1 Å². The second kappa shape index (κ2) is 8.93. The molecule has 0 N–H and O–H groups in total. The molecule has 1 aromatic heterocycles. The number of fused-ring (bicyclic) bond motifs is 1. The second-order valence-electron chi connectivity index (χ2n) is 8.61. The van der Waals surface area contributed by atoms with Crippen molar-refractivity contribution in [3.8, 4) is 11.4 Å². The molecule has 8 heteroatoms. The van der Waals surface area contributed by atoms with E-state index in [-0.39, 0.29) is 5.56 Å². The number of imidazole rings is 1. The largest absolute Gasteiger partial charge is 0.495 e. The topological polar surface area (TPSA) is 45.9 Å². The molecule has 0 unspecified atom stereocenters. The zero-order chi connectivity index (χ0) is 23.8. The highest BCUT2D eigenvalue weighted by Crippen LogP contribution is 2.31. The van der Waals surface area contributed by atoms with E-state index in [9.17, 15) is 8.78 Å². The summed E-state index contributed by atoms with van der Waals surface area (Å²) in [5.41, 5.74) is 4.50. The molecular formula is C26H27F2N5O. The molecule has 0 saturated carbocycles. The summed E-state index contributed by atoms with van der Waals surface area (Å²) in [4.78, 5) is 9.08. The van der Waals surface area contributed by atoms with Crippen LogP contribution in [-0.2, 0) is 0 Å².